The summed E-state index contributed by atoms with van der Waals surface area (Å²) in [7, 11) is 0. The molecule has 1 unspecified atom stereocenters. The fourth-order valence-corrected chi connectivity index (χ4v) is 2.10. The van der Waals surface area contributed by atoms with Gasteiger partial charge in [-0.15, -0.1) is 12.4 Å². The molecule has 1 atom stereocenters. The third kappa shape index (κ3) is 5.67. The Morgan fingerprint density at radius 2 is 1.65 bits per heavy atom. The summed E-state index contributed by atoms with van der Waals surface area (Å²) in [6, 6.07) is 19.3. The second kappa shape index (κ2) is 9.30. The molecule has 23 heavy (non-hydrogen) atoms. The molecule has 0 aliphatic heterocycles. The molecule has 0 aliphatic rings. The van der Waals surface area contributed by atoms with Crippen molar-refractivity contribution in [2.45, 2.75) is 19.1 Å². The molecule has 0 spiro atoms. The minimum absolute atomic E-state index is 0. The van der Waals surface area contributed by atoms with E-state index in [1.54, 1.807) is 6.92 Å². The van der Waals surface area contributed by atoms with Gasteiger partial charge < -0.3 is 15.8 Å². The number of benzene rings is 2. The van der Waals surface area contributed by atoms with Gasteiger partial charge in [-0.25, -0.2) is 0 Å². The minimum atomic E-state index is -1.04. The van der Waals surface area contributed by atoms with E-state index in [2.05, 4.69) is 5.32 Å². The molecule has 124 valence electrons. The van der Waals surface area contributed by atoms with Crippen LogP contribution in [0.15, 0.2) is 60.7 Å². The molecular formula is C18H23ClN2O2. The lowest BCUT2D eigenvalue weighted by Crippen LogP contribution is -2.49. The number of halogens is 1. The van der Waals surface area contributed by atoms with Crippen LogP contribution in [-0.4, -0.2) is 19.1 Å². The topological polar surface area (TPSA) is 64.4 Å². The number of amides is 1. The van der Waals surface area contributed by atoms with Gasteiger partial charge in [-0.2, -0.15) is 0 Å². The average molecular weight is 335 g/mol. The summed E-state index contributed by atoms with van der Waals surface area (Å²) >= 11 is 0. The number of hydrogen-bond acceptors (Lipinski definition) is 3. The van der Waals surface area contributed by atoms with Gasteiger partial charge >= 0.3 is 0 Å². The Morgan fingerprint density at radius 1 is 1.09 bits per heavy atom. The molecular weight excluding hydrogens is 312 g/mol. The van der Waals surface area contributed by atoms with Gasteiger partial charge in [0.25, 0.3) is 0 Å². The van der Waals surface area contributed by atoms with Crippen LogP contribution >= 0.6 is 12.4 Å². The number of carbonyl (C=O) groups excluding carboxylic acids is 1. The summed E-state index contributed by atoms with van der Waals surface area (Å²) in [5.74, 6) is -0.206. The zero-order chi connectivity index (χ0) is 15.8. The van der Waals surface area contributed by atoms with E-state index < -0.39 is 5.54 Å². The summed E-state index contributed by atoms with van der Waals surface area (Å²) in [6.45, 7) is 3.13. The van der Waals surface area contributed by atoms with E-state index >= 15 is 0 Å². The highest BCUT2D eigenvalue weighted by Gasteiger charge is 2.29. The van der Waals surface area contributed by atoms with E-state index in [9.17, 15) is 4.79 Å². The quantitative estimate of drug-likeness (QED) is 0.765. The number of ether oxygens (including phenoxy) is 1. The van der Waals surface area contributed by atoms with Crippen molar-refractivity contribution >= 4 is 18.3 Å². The predicted octanol–water partition coefficient (Wildman–Crippen LogP) is 2.62. The zero-order valence-corrected chi connectivity index (χ0v) is 14.0. The minimum Gasteiger partial charge on any atom is -0.375 e. The highest BCUT2D eigenvalue weighted by atomic mass is 35.5. The second-order valence-electron chi connectivity index (χ2n) is 5.36. The Bertz CT molecular complexity index is 588. The molecule has 0 heterocycles. The molecule has 0 bridgehead atoms. The van der Waals surface area contributed by atoms with E-state index in [-0.39, 0.29) is 18.3 Å². The SMILES string of the molecule is CC(N)(C(=O)NCCOCc1ccccc1)c1ccccc1.Cl. The third-order valence-electron chi connectivity index (χ3n) is 3.49. The summed E-state index contributed by atoms with van der Waals surface area (Å²) in [5, 5.41) is 2.82. The number of nitrogens with one attached hydrogen (secondary N) is 1. The van der Waals surface area contributed by atoms with Crippen molar-refractivity contribution in [3.05, 3.63) is 71.8 Å². The van der Waals surface area contributed by atoms with Crippen LogP contribution in [0.25, 0.3) is 0 Å². The van der Waals surface area contributed by atoms with Crippen molar-refractivity contribution in [2.24, 2.45) is 5.73 Å². The van der Waals surface area contributed by atoms with Crippen molar-refractivity contribution in [1.82, 2.24) is 5.32 Å². The van der Waals surface area contributed by atoms with Gasteiger partial charge in [0.05, 0.1) is 13.2 Å². The molecule has 0 saturated heterocycles. The first-order valence-corrected chi connectivity index (χ1v) is 7.35. The molecule has 0 radical (unpaired) electrons. The first-order valence-electron chi connectivity index (χ1n) is 7.35. The molecule has 1 amide bonds. The van der Waals surface area contributed by atoms with Crippen LogP contribution in [0.3, 0.4) is 0 Å². The van der Waals surface area contributed by atoms with E-state index in [0.717, 1.165) is 11.1 Å². The summed E-state index contributed by atoms with van der Waals surface area (Å²) in [5.41, 5.74) is 7.00. The van der Waals surface area contributed by atoms with Crippen LogP contribution in [0.2, 0.25) is 0 Å². The first kappa shape index (κ1) is 19.2. The van der Waals surface area contributed by atoms with Crippen LogP contribution in [0.5, 0.6) is 0 Å². The highest BCUT2D eigenvalue weighted by Crippen LogP contribution is 2.17. The van der Waals surface area contributed by atoms with E-state index in [1.165, 1.54) is 0 Å². The average Bonchev–Trinajstić information content (AvgIpc) is 2.56. The Hall–Kier alpha value is -1.88. The van der Waals surface area contributed by atoms with Gasteiger partial charge in [0.1, 0.15) is 5.54 Å². The number of nitrogens with two attached hydrogens (primary N) is 1. The standard InChI is InChI=1S/C18H22N2O2.ClH/c1-18(19,16-10-6-3-7-11-16)17(21)20-12-13-22-14-15-8-4-2-5-9-15;/h2-11H,12-14,19H2,1H3,(H,20,21);1H. The van der Waals surface area contributed by atoms with E-state index in [1.807, 2.05) is 60.7 Å². The fraction of sp³-hybridized carbons (Fsp3) is 0.278. The van der Waals surface area contributed by atoms with Crippen LogP contribution in [0.4, 0.5) is 0 Å². The van der Waals surface area contributed by atoms with Crippen molar-refractivity contribution < 1.29 is 9.53 Å². The largest absolute Gasteiger partial charge is 0.375 e. The summed E-state index contributed by atoms with van der Waals surface area (Å²) < 4.78 is 5.53. The number of carbonyl (C=O) groups is 1. The maximum absolute atomic E-state index is 12.2. The first-order chi connectivity index (χ1) is 10.6. The zero-order valence-electron chi connectivity index (χ0n) is 13.2. The molecule has 2 rings (SSSR count). The van der Waals surface area contributed by atoms with Gasteiger partial charge in [-0.1, -0.05) is 60.7 Å². The van der Waals surface area contributed by atoms with Gasteiger partial charge in [0.15, 0.2) is 0 Å². The van der Waals surface area contributed by atoms with E-state index in [4.69, 9.17) is 10.5 Å². The van der Waals surface area contributed by atoms with Crippen molar-refractivity contribution in [1.29, 1.82) is 0 Å². The molecule has 0 fully saturated rings. The molecule has 3 N–H and O–H groups in total. The van der Waals surface area contributed by atoms with Gasteiger partial charge in [-0.05, 0) is 18.1 Å². The van der Waals surface area contributed by atoms with Gasteiger partial charge in [0.2, 0.25) is 5.91 Å². The van der Waals surface area contributed by atoms with Crippen LogP contribution < -0.4 is 11.1 Å². The van der Waals surface area contributed by atoms with Crippen molar-refractivity contribution in [2.75, 3.05) is 13.2 Å². The number of rotatable bonds is 7. The lowest BCUT2D eigenvalue weighted by Gasteiger charge is -2.24. The fourth-order valence-electron chi connectivity index (χ4n) is 2.10. The molecule has 0 aromatic heterocycles. The van der Waals surface area contributed by atoms with E-state index in [0.29, 0.717) is 19.8 Å². The Morgan fingerprint density at radius 3 is 2.26 bits per heavy atom. The number of hydrogen-bond donors (Lipinski definition) is 2. The van der Waals surface area contributed by atoms with Crippen LogP contribution in [0, 0.1) is 0 Å². The Labute approximate surface area is 143 Å². The van der Waals surface area contributed by atoms with Crippen molar-refractivity contribution in [3.8, 4) is 0 Å². The van der Waals surface area contributed by atoms with Crippen LogP contribution in [-0.2, 0) is 21.7 Å². The lowest BCUT2D eigenvalue weighted by atomic mass is 9.92. The third-order valence-corrected chi connectivity index (χ3v) is 3.49. The monoisotopic (exact) mass is 334 g/mol. The molecule has 2 aromatic carbocycles. The van der Waals surface area contributed by atoms with Crippen molar-refractivity contribution in [3.63, 3.8) is 0 Å². The van der Waals surface area contributed by atoms with Crippen LogP contribution in [0.1, 0.15) is 18.1 Å². The molecule has 5 heteroatoms. The van der Waals surface area contributed by atoms with Gasteiger partial charge in [0, 0.05) is 6.54 Å². The maximum Gasteiger partial charge on any atom is 0.244 e. The summed E-state index contributed by atoms with van der Waals surface area (Å²) in [6.07, 6.45) is 0. The normalized spacial score (nSPS) is 12.8. The molecule has 2 aromatic rings. The molecule has 4 nitrogen and oxygen atoms in total. The lowest BCUT2D eigenvalue weighted by molar-refractivity contribution is -0.126. The highest BCUT2D eigenvalue weighted by molar-refractivity contribution is 5.86. The summed E-state index contributed by atoms with van der Waals surface area (Å²) in [4.78, 5) is 12.2. The molecule has 0 aliphatic carbocycles. The predicted molar refractivity (Wildman–Crippen MR) is 94.3 cm³/mol. The Kier molecular flexibility index (Phi) is 7.75. The maximum atomic E-state index is 12.2. The second-order valence-corrected chi connectivity index (χ2v) is 5.36. The Balaban J connectivity index is 0.00000264. The molecule has 0 saturated carbocycles. The van der Waals surface area contributed by atoms with Gasteiger partial charge in [-0.3, -0.25) is 4.79 Å². The smallest absolute Gasteiger partial charge is 0.244 e.